The van der Waals surface area contributed by atoms with Crippen LogP contribution in [0.5, 0.6) is 0 Å². The number of nitrogens with zero attached hydrogens (tertiary/aromatic N) is 4. The van der Waals surface area contributed by atoms with E-state index in [2.05, 4.69) is 20.6 Å². The van der Waals surface area contributed by atoms with Crippen LogP contribution in [0.1, 0.15) is 20.7 Å². The lowest BCUT2D eigenvalue weighted by Gasteiger charge is -2.18. The summed E-state index contributed by atoms with van der Waals surface area (Å²) >= 11 is 6.06. The molecule has 0 atom stereocenters. The van der Waals surface area contributed by atoms with Crippen LogP contribution in [0.3, 0.4) is 0 Å². The van der Waals surface area contributed by atoms with Crippen LogP contribution in [0.15, 0.2) is 41.3 Å². The van der Waals surface area contributed by atoms with E-state index in [1.807, 2.05) is 0 Å². The molecule has 0 saturated carbocycles. The molecule has 0 unspecified atom stereocenters. The van der Waals surface area contributed by atoms with Crippen LogP contribution in [0.4, 0.5) is 5.69 Å². The molecule has 0 saturated heterocycles. The van der Waals surface area contributed by atoms with E-state index >= 15 is 0 Å². The third kappa shape index (κ3) is 2.68. The van der Waals surface area contributed by atoms with Gasteiger partial charge in [-0.15, -0.1) is 10.2 Å². The number of aromatic amines is 1. The average molecular weight is 405 g/mol. The Hall–Kier alpha value is -3.15. The van der Waals surface area contributed by atoms with Gasteiger partial charge in [0.1, 0.15) is 4.90 Å². The summed E-state index contributed by atoms with van der Waals surface area (Å²) in [6, 6.07) is 8.55. The molecule has 1 aromatic heterocycles. The molecule has 10 nitrogen and oxygen atoms in total. The predicted molar refractivity (Wildman–Crippen MR) is 93.6 cm³/mol. The molecule has 136 valence electrons. The van der Waals surface area contributed by atoms with Gasteiger partial charge in [-0.3, -0.25) is 9.59 Å². The molecule has 2 amide bonds. The number of benzene rings is 2. The Bertz CT molecular complexity index is 1170. The number of tetrazole rings is 1. The van der Waals surface area contributed by atoms with E-state index in [-0.39, 0.29) is 33.2 Å². The lowest BCUT2D eigenvalue weighted by Crippen LogP contribution is -2.30. The van der Waals surface area contributed by atoms with Gasteiger partial charge < -0.3 is 0 Å². The Kier molecular flexibility index (Phi) is 3.80. The molecule has 12 heteroatoms. The lowest BCUT2D eigenvalue weighted by atomic mass is 10.1. The van der Waals surface area contributed by atoms with E-state index in [9.17, 15) is 18.0 Å². The summed E-state index contributed by atoms with van der Waals surface area (Å²) in [5.74, 6) is -1.21. The number of primary sulfonamides is 1. The summed E-state index contributed by atoms with van der Waals surface area (Å²) < 4.78 is 23.6. The lowest BCUT2D eigenvalue weighted by molar-refractivity contribution is 0.0926. The van der Waals surface area contributed by atoms with Crippen LogP contribution in [0.2, 0.25) is 5.02 Å². The number of sulfonamides is 1. The number of anilines is 1. The maximum atomic E-state index is 12.8. The smallest absolute Gasteiger partial charge is 0.266 e. The van der Waals surface area contributed by atoms with E-state index in [0.717, 1.165) is 17.0 Å². The fraction of sp³-hybridized carbons (Fsp3) is 0. The fourth-order valence-corrected chi connectivity index (χ4v) is 3.90. The Morgan fingerprint density at radius 2 is 1.67 bits per heavy atom. The first-order valence-corrected chi connectivity index (χ1v) is 9.29. The third-order valence-electron chi connectivity index (χ3n) is 3.98. The fourth-order valence-electron chi connectivity index (χ4n) is 2.81. The molecule has 27 heavy (non-hydrogen) atoms. The Morgan fingerprint density at radius 3 is 2.19 bits per heavy atom. The zero-order chi connectivity index (χ0) is 19.3. The van der Waals surface area contributed by atoms with Crippen molar-refractivity contribution in [3.8, 4) is 11.4 Å². The highest BCUT2D eigenvalue weighted by Crippen LogP contribution is 2.38. The molecule has 2 heterocycles. The van der Waals surface area contributed by atoms with Crippen LogP contribution in [0, 0.1) is 0 Å². The molecular weight excluding hydrogens is 396 g/mol. The number of amides is 2. The summed E-state index contributed by atoms with van der Waals surface area (Å²) in [7, 11) is -4.17. The number of carbonyl (C=O) groups is 2. The van der Waals surface area contributed by atoms with Gasteiger partial charge in [-0.1, -0.05) is 23.7 Å². The van der Waals surface area contributed by atoms with Crippen molar-refractivity contribution in [2.45, 2.75) is 4.90 Å². The Morgan fingerprint density at radius 1 is 1.04 bits per heavy atom. The van der Waals surface area contributed by atoms with E-state index < -0.39 is 26.7 Å². The number of halogens is 1. The van der Waals surface area contributed by atoms with Gasteiger partial charge >= 0.3 is 0 Å². The van der Waals surface area contributed by atoms with Crippen molar-refractivity contribution in [2.75, 3.05) is 4.90 Å². The second kappa shape index (κ2) is 5.94. The molecule has 0 aliphatic carbocycles. The normalized spacial score (nSPS) is 13.9. The van der Waals surface area contributed by atoms with Crippen molar-refractivity contribution in [3.05, 3.63) is 52.5 Å². The van der Waals surface area contributed by atoms with Gasteiger partial charge in [-0.05, 0) is 29.5 Å². The molecule has 3 aromatic rings. The number of rotatable bonds is 3. The van der Waals surface area contributed by atoms with Crippen LogP contribution in [-0.4, -0.2) is 40.9 Å². The standard InChI is InChI=1S/C15H9ClN6O4S/c16-10-6-11(22-14(23)7-3-1-2-4-8(7)15(22)24)9(13-18-20-21-19-13)5-12(10)27(17,25)26/h1-6H,(H2,17,25,26)(H,18,19,20,21). The average Bonchev–Trinajstić information content (AvgIpc) is 3.22. The van der Waals surface area contributed by atoms with Crippen LogP contribution in [-0.2, 0) is 10.0 Å². The number of imide groups is 1. The highest BCUT2D eigenvalue weighted by molar-refractivity contribution is 7.89. The van der Waals surface area contributed by atoms with Gasteiger partial charge in [0, 0.05) is 5.56 Å². The molecule has 3 N–H and O–H groups in total. The van der Waals surface area contributed by atoms with Gasteiger partial charge in [-0.2, -0.15) is 5.21 Å². The maximum absolute atomic E-state index is 12.8. The predicted octanol–water partition coefficient (Wildman–Crippen LogP) is 0.968. The molecule has 2 aromatic carbocycles. The number of H-pyrrole nitrogens is 1. The first-order chi connectivity index (χ1) is 12.8. The van der Waals surface area contributed by atoms with Crippen molar-refractivity contribution in [1.82, 2.24) is 20.6 Å². The van der Waals surface area contributed by atoms with Gasteiger partial charge in [-0.25, -0.2) is 18.5 Å². The van der Waals surface area contributed by atoms with Crippen LogP contribution in [0.25, 0.3) is 11.4 Å². The van der Waals surface area contributed by atoms with Crippen LogP contribution >= 0.6 is 11.6 Å². The second-order valence-electron chi connectivity index (χ2n) is 5.57. The molecule has 0 radical (unpaired) electrons. The van der Waals surface area contributed by atoms with Gasteiger partial charge in [0.15, 0.2) is 0 Å². The van der Waals surface area contributed by atoms with Crippen molar-refractivity contribution in [1.29, 1.82) is 0 Å². The highest BCUT2D eigenvalue weighted by Gasteiger charge is 2.38. The minimum atomic E-state index is -4.17. The van der Waals surface area contributed by atoms with E-state index in [1.54, 1.807) is 12.1 Å². The SMILES string of the molecule is NS(=O)(=O)c1cc(-c2nn[nH]n2)c(N2C(=O)c3ccccc3C2=O)cc1Cl. The monoisotopic (exact) mass is 404 g/mol. The summed E-state index contributed by atoms with van der Waals surface area (Å²) in [4.78, 5) is 26.0. The number of fused-ring (bicyclic) bond motifs is 1. The number of hydrogen-bond acceptors (Lipinski definition) is 7. The van der Waals surface area contributed by atoms with Crippen molar-refractivity contribution < 1.29 is 18.0 Å². The summed E-state index contributed by atoms with van der Waals surface area (Å²) in [5, 5.41) is 18.2. The van der Waals surface area contributed by atoms with Crippen molar-refractivity contribution in [3.63, 3.8) is 0 Å². The molecular formula is C15H9ClN6O4S. The van der Waals surface area contributed by atoms with Crippen molar-refractivity contribution in [2.24, 2.45) is 5.14 Å². The van der Waals surface area contributed by atoms with Crippen LogP contribution < -0.4 is 10.0 Å². The Balaban J connectivity index is 1.98. The first kappa shape index (κ1) is 17.3. The molecule has 4 rings (SSSR count). The zero-order valence-electron chi connectivity index (χ0n) is 13.2. The largest absolute Gasteiger partial charge is 0.268 e. The number of nitrogens with two attached hydrogens (primary N) is 1. The highest BCUT2D eigenvalue weighted by atomic mass is 35.5. The summed E-state index contributed by atoms with van der Waals surface area (Å²) in [6.45, 7) is 0. The van der Waals surface area contributed by atoms with E-state index in [0.29, 0.717) is 0 Å². The quantitative estimate of drug-likeness (QED) is 0.616. The number of hydrogen-bond donors (Lipinski definition) is 2. The summed E-state index contributed by atoms with van der Waals surface area (Å²) in [5.41, 5.74) is 0.494. The topological polar surface area (TPSA) is 152 Å². The number of nitrogens with one attached hydrogen (secondary N) is 1. The third-order valence-corrected chi connectivity index (χ3v) is 5.35. The minimum Gasteiger partial charge on any atom is -0.268 e. The molecule has 0 bridgehead atoms. The zero-order valence-corrected chi connectivity index (χ0v) is 14.8. The van der Waals surface area contributed by atoms with E-state index in [1.165, 1.54) is 12.1 Å². The molecule has 0 fully saturated rings. The molecule has 0 spiro atoms. The van der Waals surface area contributed by atoms with E-state index in [4.69, 9.17) is 16.7 Å². The van der Waals surface area contributed by atoms with Gasteiger partial charge in [0.05, 0.1) is 21.8 Å². The van der Waals surface area contributed by atoms with Crippen molar-refractivity contribution >= 4 is 39.1 Å². The maximum Gasteiger partial charge on any atom is 0.266 e. The first-order valence-electron chi connectivity index (χ1n) is 7.37. The minimum absolute atomic E-state index is 0.0139. The molecule has 1 aliphatic heterocycles. The molecule has 1 aliphatic rings. The van der Waals surface area contributed by atoms with Gasteiger partial charge in [0.25, 0.3) is 11.8 Å². The summed E-state index contributed by atoms with van der Waals surface area (Å²) in [6.07, 6.45) is 0. The second-order valence-corrected chi connectivity index (χ2v) is 7.51. The Labute approximate surface area is 157 Å². The van der Waals surface area contributed by atoms with Gasteiger partial charge in [0.2, 0.25) is 15.8 Å². The number of aromatic nitrogens is 4. The number of carbonyl (C=O) groups excluding carboxylic acids is 2.